The van der Waals surface area contributed by atoms with Crippen molar-refractivity contribution in [3.05, 3.63) is 63.2 Å². The maximum Gasteiger partial charge on any atom is 0.319 e. The number of amides is 5. The lowest BCUT2D eigenvalue weighted by Crippen LogP contribution is -2.52. The molecule has 1 atom stereocenters. The van der Waals surface area contributed by atoms with Crippen LogP contribution >= 0.6 is 0 Å². The summed E-state index contributed by atoms with van der Waals surface area (Å²) in [6.07, 6.45) is 0.552. The molecule has 0 aliphatic carbocycles. The summed E-state index contributed by atoms with van der Waals surface area (Å²) in [7, 11) is 0. The van der Waals surface area contributed by atoms with Crippen LogP contribution in [0.4, 0.5) is 10.5 Å². The number of carbonyl (C=O) groups is 4. The average Bonchev–Trinajstić information content (AvgIpc) is 3.09. The van der Waals surface area contributed by atoms with Crippen LogP contribution in [0.5, 0.6) is 0 Å². The Balaban J connectivity index is 1.41. The largest absolute Gasteiger partial charge is 0.334 e. The molecule has 172 valence electrons. The Labute approximate surface area is 192 Å². The summed E-state index contributed by atoms with van der Waals surface area (Å²) in [5.41, 5.74) is 7.33. The molecule has 5 amide bonds. The number of benzene rings is 2. The van der Waals surface area contributed by atoms with Crippen molar-refractivity contribution in [3.8, 4) is 0 Å². The van der Waals surface area contributed by atoms with Gasteiger partial charge in [0.05, 0.1) is 0 Å². The summed E-state index contributed by atoms with van der Waals surface area (Å²) in [5, 5.41) is 8.10. The van der Waals surface area contributed by atoms with Crippen LogP contribution in [-0.4, -0.2) is 34.7 Å². The van der Waals surface area contributed by atoms with Crippen LogP contribution in [0, 0.1) is 27.7 Å². The van der Waals surface area contributed by atoms with Crippen molar-refractivity contribution in [3.63, 3.8) is 0 Å². The molecule has 2 aromatic carbocycles. The molecule has 0 radical (unpaired) electrons. The minimum atomic E-state index is -0.639. The van der Waals surface area contributed by atoms with E-state index in [2.05, 4.69) is 28.9 Å². The molecule has 2 aromatic rings. The Hall–Kier alpha value is -3.68. The topological polar surface area (TPSA) is 108 Å². The lowest BCUT2D eigenvalue weighted by molar-refractivity contribution is -0.136. The molecule has 1 unspecified atom stereocenters. The first-order valence-electron chi connectivity index (χ1n) is 11.0. The van der Waals surface area contributed by atoms with Crippen molar-refractivity contribution in [1.29, 1.82) is 0 Å². The number of urea groups is 1. The second-order valence-electron chi connectivity index (χ2n) is 8.83. The molecule has 3 N–H and O–H groups in total. The maximum absolute atomic E-state index is 13.0. The molecule has 0 saturated carbocycles. The molecule has 1 saturated heterocycles. The molecular formula is C25H28N4O4. The molecule has 2 aliphatic heterocycles. The number of hydrogen-bond donors (Lipinski definition) is 3. The Morgan fingerprint density at radius 1 is 1.06 bits per heavy atom. The normalized spacial score (nSPS) is 17.6. The van der Waals surface area contributed by atoms with Crippen LogP contribution in [0.15, 0.2) is 24.3 Å². The molecule has 8 heteroatoms. The third-order valence-corrected chi connectivity index (χ3v) is 6.64. The van der Waals surface area contributed by atoms with Gasteiger partial charge in [0.1, 0.15) is 6.04 Å². The van der Waals surface area contributed by atoms with Gasteiger partial charge in [-0.05, 0) is 73.6 Å². The van der Waals surface area contributed by atoms with Crippen molar-refractivity contribution in [1.82, 2.24) is 15.5 Å². The number of piperidine rings is 1. The summed E-state index contributed by atoms with van der Waals surface area (Å²) in [5.74, 6) is -0.965. The van der Waals surface area contributed by atoms with Gasteiger partial charge in [0.25, 0.3) is 5.91 Å². The number of nitrogens with one attached hydrogen (secondary N) is 3. The fourth-order valence-corrected chi connectivity index (χ4v) is 4.53. The Morgan fingerprint density at radius 3 is 2.55 bits per heavy atom. The number of imide groups is 1. The van der Waals surface area contributed by atoms with Gasteiger partial charge in [-0.25, -0.2) is 4.79 Å². The van der Waals surface area contributed by atoms with Crippen molar-refractivity contribution in [2.24, 2.45) is 0 Å². The zero-order chi connectivity index (χ0) is 23.9. The first kappa shape index (κ1) is 22.5. The maximum atomic E-state index is 13.0. The van der Waals surface area contributed by atoms with Gasteiger partial charge in [0.15, 0.2) is 0 Å². The SMILES string of the molecule is Cc1cc(C)c(NC(=O)NCc2ccc3c(c2)C(=O)N(C2CCC(=O)NC2=O)C3)c(C)c1C. The fourth-order valence-electron chi connectivity index (χ4n) is 4.53. The molecule has 8 nitrogen and oxygen atoms in total. The van der Waals surface area contributed by atoms with Crippen molar-refractivity contribution in [2.75, 3.05) is 5.32 Å². The van der Waals surface area contributed by atoms with E-state index in [1.807, 2.05) is 32.9 Å². The van der Waals surface area contributed by atoms with Crippen LogP contribution in [0.1, 0.15) is 56.6 Å². The van der Waals surface area contributed by atoms with Gasteiger partial charge < -0.3 is 15.5 Å². The molecular weight excluding hydrogens is 420 g/mol. The number of anilines is 1. The van der Waals surface area contributed by atoms with Gasteiger partial charge in [-0.1, -0.05) is 18.2 Å². The van der Waals surface area contributed by atoms with Crippen molar-refractivity contribution in [2.45, 2.75) is 59.7 Å². The third-order valence-electron chi connectivity index (χ3n) is 6.64. The highest BCUT2D eigenvalue weighted by Gasteiger charge is 2.39. The summed E-state index contributed by atoms with van der Waals surface area (Å²) < 4.78 is 0. The van der Waals surface area contributed by atoms with Crippen molar-refractivity contribution >= 4 is 29.4 Å². The lowest BCUT2D eigenvalue weighted by Gasteiger charge is -2.29. The van der Waals surface area contributed by atoms with Crippen LogP contribution in [0.3, 0.4) is 0 Å². The first-order chi connectivity index (χ1) is 15.7. The van der Waals surface area contributed by atoms with Gasteiger partial charge in [-0.15, -0.1) is 0 Å². The Bertz CT molecular complexity index is 1190. The van der Waals surface area contributed by atoms with Crippen molar-refractivity contribution < 1.29 is 19.2 Å². The Kier molecular flexibility index (Phi) is 5.93. The number of rotatable bonds is 4. The van der Waals surface area contributed by atoms with E-state index in [4.69, 9.17) is 0 Å². The highest BCUT2D eigenvalue weighted by molar-refractivity contribution is 6.05. The zero-order valence-electron chi connectivity index (χ0n) is 19.3. The van der Waals surface area contributed by atoms with Crippen LogP contribution in [0.25, 0.3) is 0 Å². The molecule has 1 fully saturated rings. The van der Waals surface area contributed by atoms with E-state index in [0.717, 1.165) is 33.5 Å². The van der Waals surface area contributed by atoms with Crippen LogP contribution < -0.4 is 16.0 Å². The molecule has 0 spiro atoms. The van der Waals surface area contributed by atoms with Gasteiger partial charge in [0, 0.05) is 30.8 Å². The standard InChI is InChI=1S/C25H28N4O4/c1-13-9-14(2)22(16(4)15(13)3)28-25(33)26-11-17-5-6-18-12-29(24(32)19(18)10-17)20-7-8-21(30)27-23(20)31/h5-6,9-10,20H,7-8,11-12H2,1-4H3,(H2,26,28,33)(H,27,30,31). The monoisotopic (exact) mass is 448 g/mol. The summed E-state index contributed by atoms with van der Waals surface area (Å²) >= 11 is 0. The van der Waals surface area contributed by atoms with E-state index in [9.17, 15) is 19.2 Å². The molecule has 2 heterocycles. The van der Waals surface area contributed by atoms with E-state index in [1.54, 1.807) is 6.07 Å². The predicted octanol–water partition coefficient (Wildman–Crippen LogP) is 3.00. The van der Waals surface area contributed by atoms with E-state index in [1.165, 1.54) is 10.5 Å². The summed E-state index contributed by atoms with van der Waals surface area (Å²) in [6.45, 7) is 8.64. The minimum Gasteiger partial charge on any atom is -0.334 e. The van der Waals surface area contributed by atoms with E-state index >= 15 is 0 Å². The number of hydrogen-bond acceptors (Lipinski definition) is 4. The Morgan fingerprint density at radius 2 is 1.82 bits per heavy atom. The van der Waals surface area contributed by atoms with Gasteiger partial charge >= 0.3 is 6.03 Å². The number of aryl methyl sites for hydroxylation is 2. The minimum absolute atomic E-state index is 0.222. The number of carbonyl (C=O) groups excluding carboxylic acids is 4. The first-order valence-corrected chi connectivity index (χ1v) is 11.0. The molecule has 0 aromatic heterocycles. The molecule has 4 rings (SSSR count). The lowest BCUT2D eigenvalue weighted by atomic mass is 9.98. The van der Waals surface area contributed by atoms with Crippen LogP contribution in [-0.2, 0) is 22.7 Å². The highest BCUT2D eigenvalue weighted by Crippen LogP contribution is 2.29. The molecule has 33 heavy (non-hydrogen) atoms. The quantitative estimate of drug-likeness (QED) is 0.625. The molecule has 2 aliphatic rings. The zero-order valence-corrected chi connectivity index (χ0v) is 19.3. The van der Waals surface area contributed by atoms with Crippen LogP contribution in [0.2, 0.25) is 0 Å². The highest BCUT2D eigenvalue weighted by atomic mass is 16.2. The number of nitrogens with zero attached hydrogens (tertiary/aromatic N) is 1. The van der Waals surface area contributed by atoms with E-state index in [-0.39, 0.29) is 30.8 Å². The summed E-state index contributed by atoms with van der Waals surface area (Å²) in [6, 6.07) is 6.58. The average molecular weight is 449 g/mol. The summed E-state index contributed by atoms with van der Waals surface area (Å²) in [4.78, 5) is 50.6. The predicted molar refractivity (Wildman–Crippen MR) is 124 cm³/mol. The van der Waals surface area contributed by atoms with Gasteiger partial charge in [-0.2, -0.15) is 0 Å². The second kappa shape index (κ2) is 8.69. The second-order valence-corrected chi connectivity index (χ2v) is 8.83. The van der Waals surface area contributed by atoms with E-state index in [0.29, 0.717) is 18.5 Å². The van der Waals surface area contributed by atoms with E-state index < -0.39 is 11.9 Å². The van der Waals surface area contributed by atoms with Gasteiger partial charge in [-0.3, -0.25) is 19.7 Å². The van der Waals surface area contributed by atoms with Gasteiger partial charge in [0.2, 0.25) is 11.8 Å². The number of fused-ring (bicyclic) bond motifs is 1. The third kappa shape index (κ3) is 4.33. The molecule has 0 bridgehead atoms. The smallest absolute Gasteiger partial charge is 0.319 e. The fraction of sp³-hybridized carbons (Fsp3) is 0.360.